The van der Waals surface area contributed by atoms with Gasteiger partial charge in [-0.05, 0) is 167 Å². The third-order valence-corrected chi connectivity index (χ3v) is 16.3. The summed E-state index contributed by atoms with van der Waals surface area (Å²) in [5.41, 5.74) is 0. The molecule has 0 saturated carbocycles. The summed E-state index contributed by atoms with van der Waals surface area (Å²) in [6.07, 6.45) is 72.3. The van der Waals surface area contributed by atoms with Crippen LogP contribution in [0.4, 0.5) is 0 Å². The van der Waals surface area contributed by atoms with E-state index in [1.165, 1.54) is 180 Å². The van der Waals surface area contributed by atoms with Gasteiger partial charge in [-0.3, -0.25) is 19.2 Å². The minimum Gasteiger partial charge on any atom is -0.463 e. The quantitative estimate of drug-likeness (QED) is 0.0144. The third kappa shape index (κ3) is 90.7. The van der Waals surface area contributed by atoms with E-state index in [2.05, 4.69) is 62.5 Å². The van der Waals surface area contributed by atoms with Crippen molar-refractivity contribution in [3.05, 3.63) is 48.6 Å². The van der Waals surface area contributed by atoms with Crippen molar-refractivity contribution < 1.29 is 68.8 Å². The van der Waals surface area contributed by atoms with E-state index >= 15 is 0 Å². The molecule has 0 spiro atoms. The monoisotopic (exact) mass is 1340 g/mol. The van der Waals surface area contributed by atoms with Gasteiger partial charge in [-0.15, -0.1) is 0 Å². The molecular formula is C80H152O14. The van der Waals surface area contributed by atoms with Crippen molar-refractivity contribution in [1.82, 2.24) is 0 Å². The first-order chi connectivity index (χ1) is 45.8. The highest BCUT2D eigenvalue weighted by Crippen LogP contribution is 2.15. The van der Waals surface area contributed by atoms with Crippen LogP contribution in [0.3, 0.4) is 0 Å². The number of carbonyl (C=O) groups excluding carboxylic acids is 4. The van der Waals surface area contributed by atoms with Crippen molar-refractivity contribution in [3.63, 3.8) is 0 Å². The molecule has 556 valence electrons. The molecule has 0 bridgehead atoms. The van der Waals surface area contributed by atoms with Crippen molar-refractivity contribution in [3.8, 4) is 0 Å². The number of aliphatic hydroxyl groups is 6. The number of hydrogen-bond acceptors (Lipinski definition) is 14. The molecule has 0 aliphatic heterocycles. The summed E-state index contributed by atoms with van der Waals surface area (Å²) in [4.78, 5) is 45.7. The van der Waals surface area contributed by atoms with E-state index in [9.17, 15) is 39.6 Å². The number of esters is 4. The standard InChI is InChI=1S/2C20H38O4.2C20H38O3/c2*1-2-19(22)18-24-20(23)16-14-12-10-8-6-4-3-5-7-9-11-13-15-17-21;2*1-3-5-6-7-8-9-10-11-12-13-14-15-16-17-20(22)23-18-19(21)4-2/h2*3,5,19,21-22H,2,4,6-18H2,1H3;2*9-10,19,21H,3-8,11-18H2,1-2H3/b5-3+;5-3-;10-9+;10-9-. The van der Waals surface area contributed by atoms with Crippen LogP contribution < -0.4 is 0 Å². The number of ether oxygens (including phenoxy) is 4. The molecule has 4 unspecified atom stereocenters. The molecule has 0 aromatic heterocycles. The second kappa shape index (κ2) is 85.7. The Hall–Kier alpha value is -3.40. The molecule has 0 amide bonds. The fourth-order valence-corrected chi connectivity index (χ4v) is 9.54. The second-order valence-electron chi connectivity index (χ2n) is 25.6. The maximum atomic E-state index is 11.4. The highest BCUT2D eigenvalue weighted by Gasteiger charge is 2.10. The molecule has 0 fully saturated rings. The van der Waals surface area contributed by atoms with Gasteiger partial charge in [-0.1, -0.05) is 231 Å². The van der Waals surface area contributed by atoms with Crippen LogP contribution in [0.1, 0.15) is 375 Å². The summed E-state index contributed by atoms with van der Waals surface area (Å²) in [6.45, 7) is 13.1. The van der Waals surface area contributed by atoms with Crippen molar-refractivity contribution in [2.24, 2.45) is 0 Å². The van der Waals surface area contributed by atoms with Crippen molar-refractivity contribution in [1.29, 1.82) is 0 Å². The molecule has 14 nitrogen and oxygen atoms in total. The normalized spacial score (nSPS) is 12.6. The predicted molar refractivity (Wildman–Crippen MR) is 393 cm³/mol. The largest absolute Gasteiger partial charge is 0.463 e. The lowest BCUT2D eigenvalue weighted by Gasteiger charge is -2.08. The van der Waals surface area contributed by atoms with Crippen LogP contribution in [0.5, 0.6) is 0 Å². The number of carbonyl (C=O) groups is 4. The lowest BCUT2D eigenvalue weighted by atomic mass is 10.1. The molecule has 0 rings (SSSR count). The van der Waals surface area contributed by atoms with E-state index in [1.54, 1.807) is 0 Å². The van der Waals surface area contributed by atoms with E-state index < -0.39 is 24.4 Å². The molecule has 0 heterocycles. The minimum atomic E-state index is -0.525. The summed E-state index contributed by atoms with van der Waals surface area (Å²) in [7, 11) is 0. The van der Waals surface area contributed by atoms with Gasteiger partial charge in [-0.2, -0.15) is 0 Å². The number of rotatable bonds is 66. The number of aliphatic hydroxyl groups excluding tert-OH is 6. The number of unbranched alkanes of at least 4 members (excludes halogenated alkanes) is 36. The first-order valence-electron chi connectivity index (χ1n) is 39.0. The topological polar surface area (TPSA) is 227 Å². The van der Waals surface area contributed by atoms with Gasteiger partial charge in [0.05, 0.1) is 24.4 Å². The van der Waals surface area contributed by atoms with Crippen molar-refractivity contribution in [2.75, 3.05) is 39.6 Å². The maximum Gasteiger partial charge on any atom is 0.305 e. The van der Waals surface area contributed by atoms with Crippen LogP contribution in [-0.4, -0.2) is 119 Å². The molecule has 0 aliphatic rings. The van der Waals surface area contributed by atoms with E-state index in [0.717, 1.165) is 103 Å². The lowest BCUT2D eigenvalue weighted by Crippen LogP contribution is -2.17. The Morgan fingerprint density at radius 2 is 0.404 bits per heavy atom. The zero-order valence-electron chi connectivity index (χ0n) is 61.9. The Balaban J connectivity index is -0.000000575. The fraction of sp³-hybridized carbons (Fsp3) is 0.850. The van der Waals surface area contributed by atoms with E-state index in [1.807, 2.05) is 27.7 Å². The molecule has 0 aromatic rings. The van der Waals surface area contributed by atoms with Gasteiger partial charge in [-0.25, -0.2) is 0 Å². The van der Waals surface area contributed by atoms with Gasteiger partial charge >= 0.3 is 23.9 Å². The summed E-state index contributed by atoms with van der Waals surface area (Å²) in [5.74, 6) is -0.735. The second-order valence-corrected chi connectivity index (χ2v) is 25.6. The van der Waals surface area contributed by atoms with Gasteiger partial charge in [0.1, 0.15) is 26.4 Å². The minimum absolute atomic E-state index is 0.128. The van der Waals surface area contributed by atoms with Gasteiger partial charge in [0.15, 0.2) is 0 Å². The van der Waals surface area contributed by atoms with Crippen molar-refractivity contribution in [2.45, 2.75) is 400 Å². The van der Waals surface area contributed by atoms with Gasteiger partial charge < -0.3 is 49.6 Å². The third-order valence-electron chi connectivity index (χ3n) is 16.3. The predicted octanol–water partition coefficient (Wildman–Crippen LogP) is 20.2. The van der Waals surface area contributed by atoms with Gasteiger partial charge in [0.2, 0.25) is 0 Å². The van der Waals surface area contributed by atoms with Crippen molar-refractivity contribution >= 4 is 23.9 Å². The summed E-state index contributed by atoms with van der Waals surface area (Å²) in [5, 5.41) is 54.6. The molecule has 0 radical (unpaired) electrons. The molecule has 0 aromatic carbocycles. The van der Waals surface area contributed by atoms with Crippen LogP contribution in [0.25, 0.3) is 0 Å². The SMILES string of the molecule is CCC(O)COC(=O)CCCCCCC/C=C/CCCCCCO.CCC(O)COC(=O)CCCCCCC/C=C\CCCCCCO.CCCCCC/C=C/CCCCCCCC(=O)OCC(O)CC.CCCCCC/C=C\CCCCCCCC(=O)OCC(O)CC. The van der Waals surface area contributed by atoms with Crippen LogP contribution in [0.2, 0.25) is 0 Å². The Morgan fingerprint density at radius 1 is 0.245 bits per heavy atom. The van der Waals surface area contributed by atoms with Crippen LogP contribution in [0, 0.1) is 0 Å². The molecule has 4 atom stereocenters. The Labute approximate surface area is 578 Å². The first kappa shape index (κ1) is 97.0. The zero-order valence-corrected chi connectivity index (χ0v) is 61.9. The summed E-state index contributed by atoms with van der Waals surface area (Å²) in [6, 6.07) is 0. The van der Waals surface area contributed by atoms with Gasteiger partial charge in [0, 0.05) is 38.9 Å². The smallest absolute Gasteiger partial charge is 0.305 e. The zero-order chi connectivity index (χ0) is 70.1. The van der Waals surface area contributed by atoms with Crippen LogP contribution in [0.15, 0.2) is 48.6 Å². The highest BCUT2D eigenvalue weighted by atomic mass is 16.6. The molecule has 94 heavy (non-hydrogen) atoms. The highest BCUT2D eigenvalue weighted by molar-refractivity contribution is 5.70. The number of allylic oxidation sites excluding steroid dienone is 8. The Kier molecular flexibility index (Phi) is 88.4. The van der Waals surface area contributed by atoms with E-state index in [0.29, 0.717) is 64.6 Å². The average Bonchev–Trinajstić information content (AvgIpc) is 3.68. The maximum absolute atomic E-state index is 11.4. The van der Waals surface area contributed by atoms with E-state index in [-0.39, 0.29) is 50.3 Å². The fourth-order valence-electron chi connectivity index (χ4n) is 9.54. The molecule has 6 N–H and O–H groups in total. The van der Waals surface area contributed by atoms with Gasteiger partial charge in [0.25, 0.3) is 0 Å². The average molecular weight is 1340 g/mol. The van der Waals surface area contributed by atoms with Crippen LogP contribution >= 0.6 is 0 Å². The summed E-state index contributed by atoms with van der Waals surface area (Å²) >= 11 is 0. The Morgan fingerprint density at radius 3 is 0.574 bits per heavy atom. The molecule has 0 saturated heterocycles. The number of hydrogen-bond donors (Lipinski definition) is 6. The van der Waals surface area contributed by atoms with E-state index in [4.69, 9.17) is 29.2 Å². The molecular weight excluding hydrogens is 1180 g/mol. The van der Waals surface area contributed by atoms with Crippen LogP contribution in [-0.2, 0) is 38.1 Å². The molecule has 14 heteroatoms. The lowest BCUT2D eigenvalue weighted by molar-refractivity contribution is -0.147. The first-order valence-corrected chi connectivity index (χ1v) is 39.0. The summed E-state index contributed by atoms with van der Waals surface area (Å²) < 4.78 is 20.0. The Bertz CT molecular complexity index is 1530. The molecule has 0 aliphatic carbocycles.